The molecule has 0 atom stereocenters. The van der Waals surface area contributed by atoms with Gasteiger partial charge in [-0.05, 0) is 89.7 Å². The fraction of sp³-hybridized carbons (Fsp3) is 0.0244. The summed E-state index contributed by atoms with van der Waals surface area (Å²) in [6.45, 7) is 2.15. The molecule has 0 aliphatic carbocycles. The molecule has 0 N–H and O–H groups in total. The van der Waals surface area contributed by atoms with Crippen molar-refractivity contribution in [2.24, 2.45) is 0 Å². The van der Waals surface area contributed by atoms with Crippen molar-refractivity contribution in [3.05, 3.63) is 169 Å². The van der Waals surface area contributed by atoms with Crippen molar-refractivity contribution in [1.29, 1.82) is 0 Å². The summed E-state index contributed by atoms with van der Waals surface area (Å²) < 4.78 is 2.37. The highest BCUT2D eigenvalue weighted by molar-refractivity contribution is 6.12. The quantitative estimate of drug-likeness (QED) is 0.207. The molecule has 43 heavy (non-hydrogen) atoms. The first-order valence-electron chi connectivity index (χ1n) is 14.8. The lowest BCUT2D eigenvalue weighted by Gasteiger charge is -2.27. The van der Waals surface area contributed by atoms with Gasteiger partial charge in [0.2, 0.25) is 0 Å². The molecule has 1 heterocycles. The van der Waals surface area contributed by atoms with E-state index in [9.17, 15) is 0 Å². The van der Waals surface area contributed by atoms with E-state index in [4.69, 9.17) is 0 Å². The summed E-state index contributed by atoms with van der Waals surface area (Å²) in [4.78, 5) is 2.37. The van der Waals surface area contributed by atoms with Gasteiger partial charge in [-0.15, -0.1) is 0 Å². The van der Waals surface area contributed by atoms with Crippen LogP contribution in [0.15, 0.2) is 164 Å². The van der Waals surface area contributed by atoms with E-state index in [-0.39, 0.29) is 0 Å². The van der Waals surface area contributed by atoms with E-state index in [1.54, 1.807) is 0 Å². The van der Waals surface area contributed by atoms with E-state index in [1.807, 2.05) is 0 Å². The minimum atomic E-state index is 1.14. The normalized spacial score (nSPS) is 11.4. The van der Waals surface area contributed by atoms with Gasteiger partial charge in [-0.3, -0.25) is 0 Å². The lowest BCUT2D eigenvalue weighted by Crippen LogP contribution is -2.10. The molecule has 0 saturated carbocycles. The topological polar surface area (TPSA) is 8.17 Å². The molecule has 7 aromatic carbocycles. The largest absolute Gasteiger partial charge is 0.310 e. The van der Waals surface area contributed by atoms with Gasteiger partial charge in [0, 0.05) is 33.2 Å². The SMILES string of the molecule is Cc1cccc(N(c2ccccc2)c2ccc(-c3ccc4c(c3)c3ccccc3n4-c3ccccc3)c3ccccc23)c1. The Bertz CT molecular complexity index is 2240. The summed E-state index contributed by atoms with van der Waals surface area (Å²) in [5.41, 5.74) is 10.8. The van der Waals surface area contributed by atoms with Crippen LogP contribution >= 0.6 is 0 Å². The molecule has 0 unspecified atom stereocenters. The van der Waals surface area contributed by atoms with Gasteiger partial charge in [0.1, 0.15) is 0 Å². The number of benzene rings is 7. The van der Waals surface area contributed by atoms with Gasteiger partial charge in [0.05, 0.1) is 16.7 Å². The van der Waals surface area contributed by atoms with Crippen molar-refractivity contribution in [2.45, 2.75) is 6.92 Å². The molecule has 0 aliphatic rings. The number of nitrogens with zero attached hydrogens (tertiary/aromatic N) is 2. The molecule has 0 saturated heterocycles. The summed E-state index contributed by atoms with van der Waals surface area (Å²) >= 11 is 0. The van der Waals surface area contributed by atoms with Crippen LogP contribution in [0.3, 0.4) is 0 Å². The van der Waals surface area contributed by atoms with E-state index >= 15 is 0 Å². The van der Waals surface area contributed by atoms with Crippen molar-refractivity contribution in [1.82, 2.24) is 4.57 Å². The van der Waals surface area contributed by atoms with Crippen molar-refractivity contribution in [2.75, 3.05) is 4.90 Å². The van der Waals surface area contributed by atoms with Crippen molar-refractivity contribution >= 4 is 49.6 Å². The van der Waals surface area contributed by atoms with Crippen LogP contribution in [0.2, 0.25) is 0 Å². The van der Waals surface area contributed by atoms with Gasteiger partial charge in [-0.25, -0.2) is 0 Å². The minimum absolute atomic E-state index is 1.14. The van der Waals surface area contributed by atoms with Crippen LogP contribution in [-0.4, -0.2) is 4.57 Å². The number of para-hydroxylation sites is 3. The fourth-order valence-corrected chi connectivity index (χ4v) is 6.50. The third kappa shape index (κ3) is 4.27. The molecule has 2 heteroatoms. The Labute approximate surface area is 251 Å². The molecule has 1 aromatic heterocycles. The maximum absolute atomic E-state index is 2.37. The lowest BCUT2D eigenvalue weighted by atomic mass is 9.95. The molecule has 0 fully saturated rings. The third-order valence-electron chi connectivity index (χ3n) is 8.41. The van der Waals surface area contributed by atoms with Gasteiger partial charge >= 0.3 is 0 Å². The van der Waals surface area contributed by atoms with Crippen LogP contribution in [-0.2, 0) is 0 Å². The predicted molar refractivity (Wildman–Crippen MR) is 183 cm³/mol. The smallest absolute Gasteiger partial charge is 0.0541 e. The van der Waals surface area contributed by atoms with Crippen molar-refractivity contribution in [3.63, 3.8) is 0 Å². The Morgan fingerprint density at radius 2 is 1.09 bits per heavy atom. The van der Waals surface area contributed by atoms with Gasteiger partial charge in [-0.2, -0.15) is 0 Å². The molecule has 0 bridgehead atoms. The monoisotopic (exact) mass is 550 g/mol. The summed E-state index contributed by atoms with van der Waals surface area (Å²) in [7, 11) is 0. The van der Waals surface area contributed by atoms with Crippen LogP contribution in [0.25, 0.3) is 49.4 Å². The van der Waals surface area contributed by atoms with Gasteiger partial charge < -0.3 is 9.47 Å². The number of fused-ring (bicyclic) bond motifs is 4. The zero-order valence-corrected chi connectivity index (χ0v) is 24.0. The second-order valence-electron chi connectivity index (χ2n) is 11.1. The van der Waals surface area contributed by atoms with Gasteiger partial charge in [0.15, 0.2) is 0 Å². The summed E-state index contributed by atoms with van der Waals surface area (Å²) in [5, 5.41) is 4.98. The van der Waals surface area contributed by atoms with Crippen molar-refractivity contribution < 1.29 is 0 Å². The Kier molecular flexibility index (Phi) is 6.05. The predicted octanol–water partition coefficient (Wildman–Crippen LogP) is 11.4. The Morgan fingerprint density at radius 1 is 0.442 bits per heavy atom. The van der Waals surface area contributed by atoms with Crippen LogP contribution in [0.1, 0.15) is 5.56 Å². The molecule has 204 valence electrons. The van der Waals surface area contributed by atoms with E-state index in [0.29, 0.717) is 0 Å². The molecular weight excluding hydrogens is 520 g/mol. The average Bonchev–Trinajstić information content (AvgIpc) is 3.40. The highest BCUT2D eigenvalue weighted by atomic mass is 15.1. The maximum atomic E-state index is 2.37. The molecule has 2 nitrogen and oxygen atoms in total. The number of rotatable bonds is 5. The van der Waals surface area contributed by atoms with Gasteiger partial charge in [0.25, 0.3) is 0 Å². The first-order valence-corrected chi connectivity index (χ1v) is 14.8. The second kappa shape index (κ2) is 10.3. The van der Waals surface area contributed by atoms with E-state index in [2.05, 4.69) is 180 Å². The van der Waals surface area contributed by atoms with Crippen LogP contribution in [0.5, 0.6) is 0 Å². The third-order valence-corrected chi connectivity index (χ3v) is 8.41. The Morgan fingerprint density at radius 3 is 1.88 bits per heavy atom. The number of aryl methyl sites for hydroxylation is 1. The summed E-state index contributed by atoms with van der Waals surface area (Å²) in [6, 6.07) is 59.0. The molecule has 0 radical (unpaired) electrons. The maximum Gasteiger partial charge on any atom is 0.0541 e. The highest BCUT2D eigenvalue weighted by Crippen LogP contribution is 2.43. The zero-order chi connectivity index (χ0) is 28.8. The summed E-state index contributed by atoms with van der Waals surface area (Å²) in [6.07, 6.45) is 0. The molecule has 0 amide bonds. The molecule has 8 aromatic rings. The fourth-order valence-electron chi connectivity index (χ4n) is 6.50. The van der Waals surface area contributed by atoms with E-state index in [0.717, 1.165) is 17.1 Å². The molecule has 0 spiro atoms. The van der Waals surface area contributed by atoms with Crippen LogP contribution < -0.4 is 4.90 Å². The number of aromatic nitrogens is 1. The zero-order valence-electron chi connectivity index (χ0n) is 24.0. The Balaban J connectivity index is 1.34. The number of hydrogen-bond acceptors (Lipinski definition) is 1. The van der Waals surface area contributed by atoms with Gasteiger partial charge in [-0.1, -0.05) is 103 Å². The number of hydrogen-bond donors (Lipinski definition) is 0. The van der Waals surface area contributed by atoms with E-state index < -0.39 is 0 Å². The first-order chi connectivity index (χ1) is 21.3. The standard InChI is InChI=1S/C41H30N2/c1-29-13-12-18-33(27-29)42(31-14-4-2-5-15-31)40-26-24-34(35-19-8-9-20-36(35)40)30-23-25-41-38(28-30)37-21-10-11-22-39(37)43(41)32-16-6-3-7-17-32/h2-28H,1H3. The summed E-state index contributed by atoms with van der Waals surface area (Å²) in [5.74, 6) is 0. The van der Waals surface area contributed by atoms with Crippen molar-refractivity contribution in [3.8, 4) is 16.8 Å². The molecule has 8 rings (SSSR count). The van der Waals surface area contributed by atoms with Crippen LogP contribution in [0, 0.1) is 6.92 Å². The Hall–Kier alpha value is -5.60. The lowest BCUT2D eigenvalue weighted by molar-refractivity contribution is 1.18. The molecular formula is C41H30N2. The van der Waals surface area contributed by atoms with Crippen LogP contribution in [0.4, 0.5) is 17.1 Å². The average molecular weight is 551 g/mol. The van der Waals surface area contributed by atoms with E-state index in [1.165, 1.54) is 55.0 Å². The second-order valence-corrected chi connectivity index (χ2v) is 11.1. The minimum Gasteiger partial charge on any atom is -0.310 e. The highest BCUT2D eigenvalue weighted by Gasteiger charge is 2.18. The number of anilines is 3. The first kappa shape index (κ1) is 25.1. The molecule has 0 aliphatic heterocycles.